The van der Waals surface area contributed by atoms with E-state index in [4.69, 9.17) is 20.1 Å². The smallest absolute Gasteiger partial charge is 0.378 e. The van der Waals surface area contributed by atoms with Crippen molar-refractivity contribution in [2.24, 2.45) is 5.92 Å². The molecule has 0 saturated carbocycles. The van der Waals surface area contributed by atoms with Crippen LogP contribution in [0.2, 0.25) is 0 Å². The van der Waals surface area contributed by atoms with E-state index in [2.05, 4.69) is 4.74 Å². The molecule has 1 heterocycles. The Balaban J connectivity index is 2.69. The molecule has 0 aromatic heterocycles. The number of hydrogen-bond donors (Lipinski definition) is 5. The predicted molar refractivity (Wildman–Crippen MR) is 75.8 cm³/mol. The molecule has 0 aromatic carbocycles. The number of rotatable bonds is 11. The van der Waals surface area contributed by atoms with Crippen LogP contribution in [0.4, 0.5) is 0 Å². The molecule has 0 unspecified atom stereocenters. The highest BCUT2D eigenvalue weighted by atomic mass is 16.6. The van der Waals surface area contributed by atoms with Crippen molar-refractivity contribution < 1.29 is 49.4 Å². The summed E-state index contributed by atoms with van der Waals surface area (Å²) in [6.07, 6.45) is -3.08. The van der Waals surface area contributed by atoms with E-state index in [1.165, 1.54) is 0 Å². The zero-order valence-corrected chi connectivity index (χ0v) is 12.8. The minimum Gasteiger partial charge on any atom is -0.505 e. The predicted octanol–water partition coefficient (Wildman–Crippen LogP) is -0.603. The second-order valence-corrected chi connectivity index (χ2v) is 5.33. The van der Waals surface area contributed by atoms with Crippen LogP contribution in [0, 0.1) is 5.92 Å². The minimum absolute atomic E-state index is 0.133. The number of esters is 1. The van der Waals surface area contributed by atoms with Crippen molar-refractivity contribution in [3.05, 3.63) is 11.5 Å². The number of carboxylic acids is 2. The first-order valence-electron chi connectivity index (χ1n) is 7.25. The second-order valence-electron chi connectivity index (χ2n) is 5.33. The van der Waals surface area contributed by atoms with Crippen molar-refractivity contribution >= 4 is 17.9 Å². The largest absolute Gasteiger partial charge is 0.505 e. The van der Waals surface area contributed by atoms with Gasteiger partial charge in [0.15, 0.2) is 11.9 Å². The Labute approximate surface area is 136 Å². The van der Waals surface area contributed by atoms with Gasteiger partial charge in [-0.2, -0.15) is 0 Å². The molecule has 0 radical (unpaired) electrons. The SMILES string of the molecule is O=C(O)CCC(CCC(=O)O)COC1=C(O)[C@@H]([C@@H](O)CO)OC1=O. The number of hydrogen-bond acceptors (Lipinski definition) is 8. The molecule has 0 aliphatic carbocycles. The molecular formula is C14H20O10. The summed E-state index contributed by atoms with van der Waals surface area (Å²) in [4.78, 5) is 32.9. The van der Waals surface area contributed by atoms with Crippen LogP contribution >= 0.6 is 0 Å². The van der Waals surface area contributed by atoms with Crippen LogP contribution in [0.3, 0.4) is 0 Å². The standard InChI is InChI=1S/C14H20O10/c15-5-8(16)12-11(21)13(14(22)24-12)23-6-7(1-3-9(17)18)2-4-10(19)20/h7-8,12,15-16,21H,1-6H2,(H,17,18)(H,19,20)/t8-,12+/m0/s1. The molecule has 136 valence electrons. The van der Waals surface area contributed by atoms with Crippen LogP contribution in [0.25, 0.3) is 0 Å². The van der Waals surface area contributed by atoms with Gasteiger partial charge in [-0.25, -0.2) is 4.79 Å². The fourth-order valence-corrected chi connectivity index (χ4v) is 2.12. The Kier molecular flexibility index (Phi) is 7.46. The van der Waals surface area contributed by atoms with Crippen molar-refractivity contribution in [1.29, 1.82) is 0 Å². The summed E-state index contributed by atoms with van der Waals surface area (Å²) < 4.78 is 9.84. The summed E-state index contributed by atoms with van der Waals surface area (Å²) in [7, 11) is 0. The van der Waals surface area contributed by atoms with Gasteiger partial charge in [0, 0.05) is 12.8 Å². The molecule has 0 bridgehead atoms. The lowest BCUT2D eigenvalue weighted by molar-refractivity contribution is -0.149. The van der Waals surface area contributed by atoms with Crippen LogP contribution in [-0.2, 0) is 23.9 Å². The number of cyclic esters (lactones) is 1. The third-order valence-corrected chi connectivity index (χ3v) is 3.45. The van der Waals surface area contributed by atoms with Crippen molar-refractivity contribution in [1.82, 2.24) is 0 Å². The molecule has 5 N–H and O–H groups in total. The first kappa shape index (κ1) is 19.7. The lowest BCUT2D eigenvalue weighted by atomic mass is 9.98. The maximum atomic E-state index is 11.6. The molecule has 1 rings (SSSR count). The molecule has 0 fully saturated rings. The molecule has 24 heavy (non-hydrogen) atoms. The normalized spacial score (nSPS) is 18.6. The average molecular weight is 348 g/mol. The first-order valence-corrected chi connectivity index (χ1v) is 7.25. The van der Waals surface area contributed by atoms with Crippen molar-refractivity contribution in [2.75, 3.05) is 13.2 Å². The van der Waals surface area contributed by atoms with Crippen LogP contribution in [0.5, 0.6) is 0 Å². The van der Waals surface area contributed by atoms with Crippen molar-refractivity contribution in [2.45, 2.75) is 37.9 Å². The van der Waals surface area contributed by atoms with E-state index in [1.54, 1.807) is 0 Å². The highest BCUT2D eigenvalue weighted by molar-refractivity contribution is 5.89. The van der Waals surface area contributed by atoms with Crippen molar-refractivity contribution in [3.8, 4) is 0 Å². The Bertz CT molecular complexity index is 494. The Hall–Kier alpha value is -2.33. The number of carboxylic acid groups (broad SMARTS) is 2. The van der Waals surface area contributed by atoms with Gasteiger partial charge in [0.25, 0.3) is 0 Å². The Morgan fingerprint density at radius 3 is 2.17 bits per heavy atom. The highest BCUT2D eigenvalue weighted by Crippen LogP contribution is 2.25. The summed E-state index contributed by atoms with van der Waals surface area (Å²) in [6, 6.07) is 0. The van der Waals surface area contributed by atoms with E-state index in [0.717, 1.165) is 0 Å². The number of ether oxygens (including phenoxy) is 2. The quantitative estimate of drug-likeness (QED) is 0.303. The number of aliphatic hydroxyl groups excluding tert-OH is 3. The van der Waals surface area contributed by atoms with Gasteiger partial charge in [-0.15, -0.1) is 0 Å². The molecule has 0 saturated heterocycles. The van der Waals surface area contributed by atoms with E-state index in [9.17, 15) is 24.6 Å². The third-order valence-electron chi connectivity index (χ3n) is 3.45. The van der Waals surface area contributed by atoms with Gasteiger partial charge in [-0.3, -0.25) is 9.59 Å². The molecule has 10 nitrogen and oxygen atoms in total. The van der Waals surface area contributed by atoms with Gasteiger partial charge in [0.05, 0.1) is 13.2 Å². The summed E-state index contributed by atoms with van der Waals surface area (Å²) in [5.74, 6) is -4.81. The maximum Gasteiger partial charge on any atom is 0.378 e. The molecular weight excluding hydrogens is 328 g/mol. The van der Waals surface area contributed by atoms with Gasteiger partial charge in [0.2, 0.25) is 5.76 Å². The highest BCUT2D eigenvalue weighted by Gasteiger charge is 2.40. The third kappa shape index (κ3) is 5.70. The molecule has 0 aromatic rings. The van der Waals surface area contributed by atoms with E-state index < -0.39 is 54.2 Å². The monoisotopic (exact) mass is 348 g/mol. The number of aliphatic carboxylic acids is 2. The first-order chi connectivity index (χ1) is 11.3. The van der Waals surface area contributed by atoms with Gasteiger partial charge < -0.3 is 35.0 Å². The summed E-state index contributed by atoms with van der Waals surface area (Å²) in [5.41, 5.74) is 0. The van der Waals surface area contributed by atoms with Crippen LogP contribution in [-0.4, -0.2) is 68.9 Å². The Morgan fingerprint density at radius 2 is 1.71 bits per heavy atom. The molecule has 0 spiro atoms. The second kappa shape index (κ2) is 9.08. The molecule has 2 atom stereocenters. The zero-order chi connectivity index (χ0) is 18.3. The summed E-state index contributed by atoms with van der Waals surface area (Å²) in [5, 5.41) is 45.5. The van der Waals surface area contributed by atoms with Gasteiger partial charge in [-0.05, 0) is 18.8 Å². The lowest BCUT2D eigenvalue weighted by Crippen LogP contribution is -2.31. The molecule has 1 aliphatic rings. The van der Waals surface area contributed by atoms with Gasteiger partial charge in [0.1, 0.15) is 6.10 Å². The number of carbonyl (C=O) groups is 3. The Morgan fingerprint density at radius 1 is 1.17 bits per heavy atom. The van der Waals surface area contributed by atoms with E-state index in [1.807, 2.05) is 0 Å². The van der Waals surface area contributed by atoms with Crippen LogP contribution < -0.4 is 0 Å². The number of aliphatic hydroxyl groups is 3. The fourth-order valence-electron chi connectivity index (χ4n) is 2.12. The van der Waals surface area contributed by atoms with E-state index >= 15 is 0 Å². The minimum atomic E-state index is -1.51. The molecule has 1 aliphatic heterocycles. The van der Waals surface area contributed by atoms with Crippen LogP contribution in [0.1, 0.15) is 25.7 Å². The van der Waals surface area contributed by atoms with Crippen molar-refractivity contribution in [3.63, 3.8) is 0 Å². The van der Waals surface area contributed by atoms with E-state index in [0.29, 0.717) is 0 Å². The number of carbonyl (C=O) groups excluding carboxylic acids is 1. The lowest BCUT2D eigenvalue weighted by Gasteiger charge is -2.16. The van der Waals surface area contributed by atoms with Crippen LogP contribution in [0.15, 0.2) is 11.5 Å². The van der Waals surface area contributed by atoms with Gasteiger partial charge in [-0.1, -0.05) is 0 Å². The molecule has 0 amide bonds. The fraction of sp³-hybridized carbons (Fsp3) is 0.643. The van der Waals surface area contributed by atoms with Gasteiger partial charge >= 0.3 is 17.9 Å². The zero-order valence-electron chi connectivity index (χ0n) is 12.8. The summed E-state index contributed by atoms with van der Waals surface area (Å²) >= 11 is 0. The molecule has 10 heteroatoms. The summed E-state index contributed by atoms with van der Waals surface area (Å²) in [6.45, 7) is -0.938. The average Bonchev–Trinajstić information content (AvgIpc) is 2.80. The van der Waals surface area contributed by atoms with E-state index in [-0.39, 0.29) is 32.3 Å². The topological polar surface area (TPSA) is 171 Å². The maximum absolute atomic E-state index is 11.6.